The number of thiocarbonyl (C=S) groups is 1. The van der Waals surface area contributed by atoms with Crippen LogP contribution in [0.15, 0.2) is 12.1 Å². The zero-order valence-corrected chi connectivity index (χ0v) is 12.4. The molecule has 0 spiro atoms. The standard InChI is InChI=1S/C13H19NO4S/c1-9(19)18-6-5-14-10-7-11(15-2)13(17-4)12(8-10)16-3/h7-8,14H,5-6H2,1-4H3. The molecule has 19 heavy (non-hydrogen) atoms. The fraction of sp³-hybridized carbons (Fsp3) is 0.462. The van der Waals surface area contributed by atoms with E-state index in [0.29, 0.717) is 35.5 Å². The third-order valence-electron chi connectivity index (χ3n) is 2.40. The molecule has 0 aliphatic rings. The predicted molar refractivity (Wildman–Crippen MR) is 78.8 cm³/mol. The highest BCUT2D eigenvalue weighted by atomic mass is 32.1. The van der Waals surface area contributed by atoms with Crippen molar-refractivity contribution in [3.63, 3.8) is 0 Å². The highest BCUT2D eigenvalue weighted by Gasteiger charge is 2.12. The quantitative estimate of drug-likeness (QED) is 0.613. The molecule has 1 aromatic rings. The van der Waals surface area contributed by atoms with Crippen LogP contribution < -0.4 is 19.5 Å². The summed E-state index contributed by atoms with van der Waals surface area (Å²) in [4.78, 5) is 0. The van der Waals surface area contributed by atoms with Gasteiger partial charge < -0.3 is 24.3 Å². The van der Waals surface area contributed by atoms with E-state index in [1.165, 1.54) is 0 Å². The minimum atomic E-state index is 0.506. The average Bonchev–Trinajstić information content (AvgIpc) is 2.42. The number of methoxy groups -OCH3 is 3. The van der Waals surface area contributed by atoms with E-state index in [2.05, 4.69) is 5.32 Å². The second kappa shape index (κ2) is 7.68. The first kappa shape index (κ1) is 15.4. The number of hydrogen-bond donors (Lipinski definition) is 1. The molecule has 1 N–H and O–H groups in total. The molecule has 106 valence electrons. The molecule has 6 heteroatoms. The Balaban J connectivity index is 2.76. The van der Waals surface area contributed by atoms with Crippen molar-refractivity contribution < 1.29 is 18.9 Å². The SMILES string of the molecule is COc1cc(NCCOC(C)=S)cc(OC)c1OC. The fourth-order valence-electron chi connectivity index (χ4n) is 1.57. The summed E-state index contributed by atoms with van der Waals surface area (Å²) in [5.41, 5.74) is 0.861. The first-order chi connectivity index (χ1) is 9.12. The number of ether oxygens (including phenoxy) is 4. The average molecular weight is 285 g/mol. The van der Waals surface area contributed by atoms with Gasteiger partial charge in [0, 0.05) is 31.3 Å². The van der Waals surface area contributed by atoms with Crippen LogP contribution in [0.2, 0.25) is 0 Å². The van der Waals surface area contributed by atoms with E-state index in [0.717, 1.165) is 5.69 Å². The van der Waals surface area contributed by atoms with Crippen molar-refractivity contribution in [1.82, 2.24) is 0 Å². The lowest BCUT2D eigenvalue weighted by atomic mass is 10.2. The van der Waals surface area contributed by atoms with Gasteiger partial charge in [-0.05, 0) is 12.2 Å². The highest BCUT2D eigenvalue weighted by Crippen LogP contribution is 2.39. The van der Waals surface area contributed by atoms with Gasteiger partial charge in [-0.3, -0.25) is 0 Å². The van der Waals surface area contributed by atoms with Gasteiger partial charge in [0.15, 0.2) is 16.5 Å². The van der Waals surface area contributed by atoms with Crippen molar-refractivity contribution in [1.29, 1.82) is 0 Å². The van der Waals surface area contributed by atoms with Gasteiger partial charge in [-0.2, -0.15) is 0 Å². The largest absolute Gasteiger partial charge is 0.493 e. The number of anilines is 1. The first-order valence-electron chi connectivity index (χ1n) is 5.79. The van der Waals surface area contributed by atoms with E-state index in [-0.39, 0.29) is 0 Å². The molecule has 0 saturated heterocycles. The monoisotopic (exact) mass is 285 g/mol. The van der Waals surface area contributed by atoms with E-state index < -0.39 is 0 Å². The Morgan fingerprint density at radius 1 is 1.11 bits per heavy atom. The van der Waals surface area contributed by atoms with Crippen LogP contribution in [0.25, 0.3) is 0 Å². The predicted octanol–water partition coefficient (Wildman–Crippen LogP) is 2.49. The number of nitrogens with one attached hydrogen (secondary N) is 1. The van der Waals surface area contributed by atoms with Crippen molar-refractivity contribution >= 4 is 23.0 Å². The smallest absolute Gasteiger partial charge is 0.203 e. The molecule has 5 nitrogen and oxygen atoms in total. The molecule has 0 saturated carbocycles. The number of rotatable bonds is 7. The van der Waals surface area contributed by atoms with Crippen molar-refractivity contribution in [2.45, 2.75) is 6.92 Å². The molecule has 0 heterocycles. The zero-order valence-electron chi connectivity index (χ0n) is 11.6. The van der Waals surface area contributed by atoms with E-state index in [4.69, 9.17) is 31.2 Å². The van der Waals surface area contributed by atoms with E-state index in [1.807, 2.05) is 12.1 Å². The summed E-state index contributed by atoms with van der Waals surface area (Å²) in [5.74, 6) is 1.79. The number of benzene rings is 1. The lowest BCUT2D eigenvalue weighted by Crippen LogP contribution is -2.11. The topological polar surface area (TPSA) is 49.0 Å². The van der Waals surface area contributed by atoms with Crippen LogP contribution in [-0.2, 0) is 4.74 Å². The van der Waals surface area contributed by atoms with Crippen LogP contribution in [0.3, 0.4) is 0 Å². The van der Waals surface area contributed by atoms with Gasteiger partial charge in [0.05, 0.1) is 21.3 Å². The van der Waals surface area contributed by atoms with Gasteiger partial charge in [-0.25, -0.2) is 0 Å². The van der Waals surface area contributed by atoms with Crippen molar-refractivity contribution in [3.05, 3.63) is 12.1 Å². The summed E-state index contributed by atoms with van der Waals surface area (Å²) in [5, 5.41) is 3.73. The first-order valence-corrected chi connectivity index (χ1v) is 6.20. The molecule has 1 rings (SSSR count). The summed E-state index contributed by atoms with van der Waals surface area (Å²) in [6, 6.07) is 3.68. The minimum absolute atomic E-state index is 0.506. The normalized spacial score (nSPS) is 9.68. The molecule has 0 bridgehead atoms. The van der Waals surface area contributed by atoms with Crippen molar-refractivity contribution in [2.75, 3.05) is 39.8 Å². The molecule has 0 aliphatic carbocycles. The van der Waals surface area contributed by atoms with Crippen LogP contribution in [0, 0.1) is 0 Å². The molecule has 0 unspecified atom stereocenters. The minimum Gasteiger partial charge on any atom is -0.493 e. The molecule has 0 radical (unpaired) electrons. The summed E-state index contributed by atoms with van der Waals surface area (Å²) < 4.78 is 21.0. The Kier molecular flexibility index (Phi) is 6.21. The van der Waals surface area contributed by atoms with Crippen LogP contribution in [-0.4, -0.2) is 39.5 Å². The van der Waals surface area contributed by atoms with E-state index in [1.54, 1.807) is 28.3 Å². The molecule has 0 aromatic heterocycles. The highest BCUT2D eigenvalue weighted by molar-refractivity contribution is 7.80. The number of hydrogen-bond acceptors (Lipinski definition) is 6. The lowest BCUT2D eigenvalue weighted by molar-refractivity contribution is 0.323. The molecule has 0 aliphatic heterocycles. The maximum Gasteiger partial charge on any atom is 0.203 e. The van der Waals surface area contributed by atoms with Gasteiger partial charge in [0.25, 0.3) is 0 Å². The van der Waals surface area contributed by atoms with Crippen LogP contribution in [0.1, 0.15) is 6.92 Å². The second-order valence-corrected chi connectivity index (χ2v) is 4.26. The molecule has 0 amide bonds. The zero-order chi connectivity index (χ0) is 14.3. The maximum absolute atomic E-state index is 5.27. The fourth-order valence-corrected chi connectivity index (χ4v) is 1.66. The molecular weight excluding hydrogens is 266 g/mol. The molecule has 0 atom stereocenters. The Hall–Kier alpha value is -1.69. The summed E-state index contributed by atoms with van der Waals surface area (Å²) >= 11 is 4.83. The summed E-state index contributed by atoms with van der Waals surface area (Å²) in [6.45, 7) is 2.88. The van der Waals surface area contributed by atoms with Gasteiger partial charge in [-0.1, -0.05) is 0 Å². The molecular formula is C13H19NO4S. The Morgan fingerprint density at radius 2 is 1.68 bits per heavy atom. The Morgan fingerprint density at radius 3 is 2.11 bits per heavy atom. The van der Waals surface area contributed by atoms with Gasteiger partial charge in [0.1, 0.15) is 6.61 Å². The van der Waals surface area contributed by atoms with E-state index >= 15 is 0 Å². The molecule has 0 fully saturated rings. The van der Waals surface area contributed by atoms with Crippen LogP contribution in [0.5, 0.6) is 17.2 Å². The van der Waals surface area contributed by atoms with Gasteiger partial charge in [-0.15, -0.1) is 0 Å². The van der Waals surface area contributed by atoms with Gasteiger partial charge >= 0.3 is 0 Å². The third-order valence-corrected chi connectivity index (χ3v) is 2.52. The van der Waals surface area contributed by atoms with Crippen molar-refractivity contribution in [2.24, 2.45) is 0 Å². The van der Waals surface area contributed by atoms with Crippen LogP contribution >= 0.6 is 12.2 Å². The lowest BCUT2D eigenvalue weighted by Gasteiger charge is -2.15. The van der Waals surface area contributed by atoms with Crippen molar-refractivity contribution in [3.8, 4) is 17.2 Å². The second-order valence-electron chi connectivity index (χ2n) is 3.68. The van der Waals surface area contributed by atoms with E-state index in [9.17, 15) is 0 Å². The summed E-state index contributed by atoms with van der Waals surface area (Å²) in [7, 11) is 4.74. The van der Waals surface area contributed by atoms with Crippen LogP contribution in [0.4, 0.5) is 5.69 Å². The summed E-state index contributed by atoms with van der Waals surface area (Å²) in [6.07, 6.45) is 0. The van der Waals surface area contributed by atoms with Gasteiger partial charge in [0.2, 0.25) is 5.75 Å². The Bertz CT molecular complexity index is 412. The molecule has 1 aromatic carbocycles. The Labute approximate surface area is 118 Å². The maximum atomic E-state index is 5.27. The third kappa shape index (κ3) is 4.48.